The summed E-state index contributed by atoms with van der Waals surface area (Å²) in [6.07, 6.45) is 11.5. The number of hydrogen-bond donors (Lipinski definition) is 0. The molecule has 4 aliphatic carbocycles. The van der Waals surface area contributed by atoms with Gasteiger partial charge >= 0.3 is 0 Å². The summed E-state index contributed by atoms with van der Waals surface area (Å²) in [6, 6.07) is 0. The van der Waals surface area contributed by atoms with Gasteiger partial charge in [-0.1, -0.05) is 13.8 Å². The Balaban J connectivity index is 1.52. The first-order valence-electron chi connectivity index (χ1n) is 10.8. The maximum atomic E-state index is 12.5. The Hall–Kier alpha value is -0.370. The molecule has 2 nitrogen and oxygen atoms in total. The predicted molar refractivity (Wildman–Crippen MR) is 101 cm³/mol. The van der Waals surface area contributed by atoms with Crippen LogP contribution in [-0.2, 0) is 9.53 Å². The molecule has 4 aliphatic rings. The second kappa shape index (κ2) is 5.81. The van der Waals surface area contributed by atoms with Crippen molar-refractivity contribution < 1.29 is 9.53 Å². The molecule has 7 atom stereocenters. The van der Waals surface area contributed by atoms with Crippen LogP contribution in [0.25, 0.3) is 0 Å². The van der Waals surface area contributed by atoms with Gasteiger partial charge in [-0.3, -0.25) is 4.79 Å². The summed E-state index contributed by atoms with van der Waals surface area (Å²) >= 11 is 0. The summed E-state index contributed by atoms with van der Waals surface area (Å²) in [5.74, 6) is 3.75. The van der Waals surface area contributed by atoms with E-state index in [9.17, 15) is 4.79 Å². The normalized spacial score (nSPS) is 50.1. The van der Waals surface area contributed by atoms with Gasteiger partial charge in [-0.15, -0.1) is 0 Å². The minimum absolute atomic E-state index is 0.0214. The van der Waals surface area contributed by atoms with Crippen LogP contribution in [0, 0.1) is 34.5 Å². The Bertz CT molecular complexity index is 547. The number of ketones is 1. The van der Waals surface area contributed by atoms with Crippen LogP contribution in [0.15, 0.2) is 0 Å². The molecule has 0 heterocycles. The van der Waals surface area contributed by atoms with Crippen LogP contribution in [0.3, 0.4) is 0 Å². The quantitative estimate of drug-likeness (QED) is 0.601. The van der Waals surface area contributed by atoms with Gasteiger partial charge in [0.2, 0.25) is 0 Å². The highest BCUT2D eigenvalue weighted by Crippen LogP contribution is 2.65. The Morgan fingerprint density at radius 1 is 0.960 bits per heavy atom. The highest BCUT2D eigenvalue weighted by molar-refractivity contribution is 5.87. The number of Topliss-reactive ketones (excluding diaryl/α,β-unsaturated/α-hetero) is 1. The Morgan fingerprint density at radius 3 is 2.44 bits per heavy atom. The van der Waals surface area contributed by atoms with Crippen molar-refractivity contribution in [3.05, 3.63) is 0 Å². The van der Waals surface area contributed by atoms with Gasteiger partial charge in [0, 0.05) is 11.8 Å². The third-order valence-electron chi connectivity index (χ3n) is 8.85. The summed E-state index contributed by atoms with van der Waals surface area (Å²) in [6.45, 7) is 11.5. The molecule has 142 valence electrons. The third kappa shape index (κ3) is 2.82. The lowest BCUT2D eigenvalue weighted by atomic mass is 9.45. The van der Waals surface area contributed by atoms with E-state index in [1.807, 2.05) is 0 Å². The van der Waals surface area contributed by atoms with E-state index in [-0.39, 0.29) is 11.0 Å². The molecule has 25 heavy (non-hydrogen) atoms. The standard InChI is InChI=1S/C23H38O2/c1-21(2,3)25-16-10-12-22(4)15(14-16)6-7-17-18-8-9-20(24)23(18,5)13-11-19(17)22/h15-19H,6-14H2,1-5H3/t15-,16+,17-,18-,19-,22-,23-/m0/s1. The average molecular weight is 347 g/mol. The number of carbonyl (C=O) groups is 1. The first kappa shape index (κ1) is 18.0. The number of hydrogen-bond acceptors (Lipinski definition) is 2. The molecule has 0 N–H and O–H groups in total. The van der Waals surface area contributed by atoms with Crippen molar-refractivity contribution in [1.82, 2.24) is 0 Å². The lowest BCUT2D eigenvalue weighted by Crippen LogP contribution is -2.54. The molecule has 0 radical (unpaired) electrons. The van der Waals surface area contributed by atoms with E-state index in [0.717, 1.165) is 30.6 Å². The van der Waals surface area contributed by atoms with E-state index in [1.54, 1.807) is 0 Å². The summed E-state index contributed by atoms with van der Waals surface area (Å²) in [5, 5.41) is 0. The summed E-state index contributed by atoms with van der Waals surface area (Å²) in [7, 11) is 0. The van der Waals surface area contributed by atoms with Gasteiger partial charge in [0.15, 0.2) is 0 Å². The average Bonchev–Trinajstić information content (AvgIpc) is 2.82. The van der Waals surface area contributed by atoms with E-state index < -0.39 is 0 Å². The first-order valence-corrected chi connectivity index (χ1v) is 10.8. The summed E-state index contributed by atoms with van der Waals surface area (Å²) in [5.41, 5.74) is 0.497. The zero-order valence-electron chi connectivity index (χ0n) is 17.1. The maximum absolute atomic E-state index is 12.5. The van der Waals surface area contributed by atoms with Crippen LogP contribution in [0.2, 0.25) is 0 Å². The number of ether oxygens (including phenoxy) is 1. The molecule has 0 aromatic carbocycles. The fourth-order valence-electron chi connectivity index (χ4n) is 7.60. The van der Waals surface area contributed by atoms with Crippen molar-refractivity contribution in [1.29, 1.82) is 0 Å². The monoisotopic (exact) mass is 346 g/mol. The molecule has 4 fully saturated rings. The zero-order chi connectivity index (χ0) is 18.0. The van der Waals surface area contributed by atoms with Gasteiger partial charge in [-0.2, -0.15) is 0 Å². The molecule has 0 bridgehead atoms. The summed E-state index contributed by atoms with van der Waals surface area (Å²) < 4.78 is 6.36. The van der Waals surface area contributed by atoms with E-state index in [2.05, 4.69) is 34.6 Å². The van der Waals surface area contributed by atoms with Crippen molar-refractivity contribution in [3.63, 3.8) is 0 Å². The summed E-state index contributed by atoms with van der Waals surface area (Å²) in [4.78, 5) is 12.5. The van der Waals surface area contributed by atoms with Gasteiger partial charge in [0.1, 0.15) is 5.78 Å². The molecule has 0 aromatic rings. The molecule has 0 amide bonds. The SMILES string of the molecule is CC(C)(C)O[C@@H]1CC[C@@]2(C)[C@@H](CC[C@@H]3[C@@H]2CC[C@]2(C)C(=O)CC[C@@H]32)C1. The van der Waals surface area contributed by atoms with Gasteiger partial charge in [-0.05, 0) is 101 Å². The van der Waals surface area contributed by atoms with Gasteiger partial charge in [0.05, 0.1) is 11.7 Å². The van der Waals surface area contributed by atoms with Crippen LogP contribution < -0.4 is 0 Å². The number of fused-ring (bicyclic) bond motifs is 5. The molecule has 0 spiro atoms. The van der Waals surface area contributed by atoms with Crippen molar-refractivity contribution >= 4 is 5.78 Å². The Kier molecular flexibility index (Phi) is 4.19. The molecule has 4 saturated carbocycles. The largest absolute Gasteiger partial charge is 0.373 e. The molecule has 0 unspecified atom stereocenters. The first-order chi connectivity index (χ1) is 11.6. The predicted octanol–water partition coefficient (Wildman–Crippen LogP) is 5.78. The molecule has 0 aromatic heterocycles. The Labute approximate surface area is 154 Å². The van der Waals surface area contributed by atoms with E-state index in [0.29, 0.717) is 23.2 Å². The van der Waals surface area contributed by atoms with Crippen LogP contribution in [0.4, 0.5) is 0 Å². The second-order valence-electron chi connectivity index (χ2n) is 11.2. The number of carbonyl (C=O) groups excluding carboxylic acids is 1. The second-order valence-corrected chi connectivity index (χ2v) is 11.2. The lowest BCUT2D eigenvalue weighted by molar-refractivity contribution is -0.155. The topological polar surface area (TPSA) is 26.3 Å². The highest BCUT2D eigenvalue weighted by Gasteiger charge is 2.60. The highest BCUT2D eigenvalue weighted by atomic mass is 16.5. The van der Waals surface area contributed by atoms with Crippen molar-refractivity contribution in [2.45, 2.75) is 104 Å². The van der Waals surface area contributed by atoms with E-state index >= 15 is 0 Å². The lowest BCUT2D eigenvalue weighted by Gasteiger charge is -2.60. The van der Waals surface area contributed by atoms with Crippen LogP contribution >= 0.6 is 0 Å². The smallest absolute Gasteiger partial charge is 0.139 e. The molecule has 0 aliphatic heterocycles. The van der Waals surface area contributed by atoms with Crippen molar-refractivity contribution in [2.24, 2.45) is 34.5 Å². The fourth-order valence-corrected chi connectivity index (χ4v) is 7.60. The minimum atomic E-state index is -0.0214. The molecule has 2 heteroatoms. The van der Waals surface area contributed by atoms with Crippen LogP contribution in [0.1, 0.15) is 92.4 Å². The molecule has 4 rings (SSSR count). The van der Waals surface area contributed by atoms with Crippen LogP contribution in [0.5, 0.6) is 0 Å². The molecule has 0 saturated heterocycles. The molecular formula is C23H38O2. The van der Waals surface area contributed by atoms with Gasteiger partial charge in [0.25, 0.3) is 0 Å². The minimum Gasteiger partial charge on any atom is -0.373 e. The molecular weight excluding hydrogens is 308 g/mol. The zero-order valence-corrected chi connectivity index (χ0v) is 17.1. The Morgan fingerprint density at radius 2 is 1.72 bits per heavy atom. The fraction of sp³-hybridized carbons (Fsp3) is 0.957. The van der Waals surface area contributed by atoms with Gasteiger partial charge < -0.3 is 4.74 Å². The maximum Gasteiger partial charge on any atom is 0.139 e. The number of rotatable bonds is 1. The van der Waals surface area contributed by atoms with E-state index in [4.69, 9.17) is 4.74 Å². The van der Waals surface area contributed by atoms with E-state index in [1.165, 1.54) is 44.9 Å². The third-order valence-corrected chi connectivity index (χ3v) is 8.85. The van der Waals surface area contributed by atoms with Crippen LogP contribution in [-0.4, -0.2) is 17.5 Å². The van der Waals surface area contributed by atoms with Crippen molar-refractivity contribution in [3.8, 4) is 0 Å². The van der Waals surface area contributed by atoms with Gasteiger partial charge in [-0.25, -0.2) is 0 Å². The van der Waals surface area contributed by atoms with Crippen molar-refractivity contribution in [2.75, 3.05) is 0 Å².